The van der Waals surface area contributed by atoms with Crippen molar-refractivity contribution in [1.82, 2.24) is 9.38 Å². The van der Waals surface area contributed by atoms with Gasteiger partial charge in [0.25, 0.3) is 0 Å². The molecule has 0 N–H and O–H groups in total. The summed E-state index contributed by atoms with van der Waals surface area (Å²) in [6.45, 7) is 4.24. The molecule has 0 saturated heterocycles. The lowest BCUT2D eigenvalue weighted by Crippen LogP contribution is -1.96. The Kier molecular flexibility index (Phi) is 3.51. The molecule has 0 saturated carbocycles. The zero-order valence-corrected chi connectivity index (χ0v) is 13.0. The van der Waals surface area contributed by atoms with Crippen LogP contribution in [-0.4, -0.2) is 22.8 Å². The zero-order chi connectivity index (χ0) is 15.0. The van der Waals surface area contributed by atoms with Gasteiger partial charge in [-0.05, 0) is 29.7 Å². The van der Waals surface area contributed by atoms with Gasteiger partial charge in [0.1, 0.15) is 17.1 Å². The van der Waals surface area contributed by atoms with E-state index in [-0.39, 0.29) is 0 Å². The van der Waals surface area contributed by atoms with Crippen molar-refractivity contribution in [3.63, 3.8) is 0 Å². The van der Waals surface area contributed by atoms with Crippen molar-refractivity contribution in [3.05, 3.63) is 41.0 Å². The van der Waals surface area contributed by atoms with E-state index in [0.29, 0.717) is 11.6 Å². The summed E-state index contributed by atoms with van der Waals surface area (Å²) in [6, 6.07) is 5.94. The number of hydrogen-bond donors (Lipinski definition) is 0. The molecule has 0 aliphatic carbocycles. The molecule has 0 fully saturated rings. The third-order valence-corrected chi connectivity index (χ3v) is 4.29. The first kappa shape index (κ1) is 13.8. The number of carbonyl (C=O) groups is 1. The van der Waals surface area contributed by atoms with Crippen LogP contribution in [0.4, 0.5) is 0 Å². The van der Waals surface area contributed by atoms with Crippen molar-refractivity contribution in [2.75, 3.05) is 7.11 Å². The lowest BCUT2D eigenvalue weighted by Gasteiger charge is -2.13. The molecule has 5 heteroatoms. The summed E-state index contributed by atoms with van der Waals surface area (Å²) in [5, 5.41) is 1.92. The Morgan fingerprint density at radius 1 is 1.38 bits per heavy atom. The Balaban J connectivity index is 2.20. The number of aromatic nitrogens is 2. The van der Waals surface area contributed by atoms with E-state index in [1.807, 2.05) is 28.1 Å². The third-order valence-electron chi connectivity index (χ3n) is 3.54. The van der Waals surface area contributed by atoms with Gasteiger partial charge in [0.05, 0.1) is 7.11 Å². The van der Waals surface area contributed by atoms with E-state index in [0.717, 1.165) is 33.8 Å². The number of ether oxygens (including phenoxy) is 1. The van der Waals surface area contributed by atoms with Gasteiger partial charge in [-0.1, -0.05) is 13.8 Å². The normalized spacial score (nSPS) is 11.2. The average Bonchev–Trinajstić information content (AvgIpc) is 3.06. The summed E-state index contributed by atoms with van der Waals surface area (Å²) in [4.78, 5) is 16.8. The smallest absolute Gasteiger partial charge is 0.194 e. The second-order valence-corrected chi connectivity index (χ2v) is 6.00. The van der Waals surface area contributed by atoms with Gasteiger partial charge in [0, 0.05) is 17.1 Å². The van der Waals surface area contributed by atoms with Gasteiger partial charge in [-0.3, -0.25) is 9.20 Å². The van der Waals surface area contributed by atoms with E-state index in [1.165, 1.54) is 11.3 Å². The summed E-state index contributed by atoms with van der Waals surface area (Å²) >= 11 is 1.52. The first-order valence-corrected chi connectivity index (χ1v) is 7.62. The van der Waals surface area contributed by atoms with Gasteiger partial charge in [-0.25, -0.2) is 4.98 Å². The Hall–Kier alpha value is -2.14. The predicted octanol–water partition coefficient (Wildman–Crippen LogP) is 4.01. The molecule has 3 aromatic rings. The first-order valence-electron chi connectivity index (χ1n) is 6.74. The molecule has 3 rings (SSSR count). The molecule has 21 heavy (non-hydrogen) atoms. The molecular weight excluding hydrogens is 284 g/mol. The first-order chi connectivity index (χ1) is 10.2. The van der Waals surface area contributed by atoms with Crippen LogP contribution >= 0.6 is 11.3 Å². The van der Waals surface area contributed by atoms with E-state index in [1.54, 1.807) is 7.11 Å². The molecule has 108 valence electrons. The van der Waals surface area contributed by atoms with Gasteiger partial charge in [0.2, 0.25) is 0 Å². The van der Waals surface area contributed by atoms with Crippen LogP contribution in [0.15, 0.2) is 29.8 Å². The number of methoxy groups -OCH3 is 1. The Morgan fingerprint density at radius 2 is 2.19 bits per heavy atom. The zero-order valence-electron chi connectivity index (χ0n) is 12.2. The van der Waals surface area contributed by atoms with Gasteiger partial charge < -0.3 is 4.74 Å². The maximum atomic E-state index is 11.4. The highest BCUT2D eigenvalue weighted by molar-refractivity contribution is 7.15. The van der Waals surface area contributed by atoms with Crippen molar-refractivity contribution in [2.24, 2.45) is 0 Å². The lowest BCUT2D eigenvalue weighted by atomic mass is 9.98. The van der Waals surface area contributed by atoms with Crippen LogP contribution < -0.4 is 4.74 Å². The van der Waals surface area contributed by atoms with Gasteiger partial charge in [0.15, 0.2) is 11.2 Å². The number of benzene rings is 1. The number of hydrogen-bond acceptors (Lipinski definition) is 4. The molecule has 0 aliphatic rings. The molecule has 0 aliphatic heterocycles. The highest BCUT2D eigenvalue weighted by atomic mass is 32.1. The van der Waals surface area contributed by atoms with E-state index < -0.39 is 0 Å². The predicted molar refractivity (Wildman–Crippen MR) is 84.5 cm³/mol. The van der Waals surface area contributed by atoms with Crippen molar-refractivity contribution in [1.29, 1.82) is 0 Å². The number of aldehydes is 1. The van der Waals surface area contributed by atoms with Crippen molar-refractivity contribution < 1.29 is 9.53 Å². The second kappa shape index (κ2) is 5.33. The van der Waals surface area contributed by atoms with Crippen LogP contribution in [0.25, 0.3) is 16.2 Å². The molecule has 0 radical (unpaired) electrons. The number of imidazole rings is 1. The molecule has 0 bridgehead atoms. The van der Waals surface area contributed by atoms with Crippen molar-refractivity contribution in [3.8, 4) is 17.0 Å². The minimum Gasteiger partial charge on any atom is -0.496 e. The Bertz CT molecular complexity index is 802. The quantitative estimate of drug-likeness (QED) is 0.684. The van der Waals surface area contributed by atoms with Crippen molar-refractivity contribution in [2.45, 2.75) is 19.8 Å². The molecule has 4 nitrogen and oxygen atoms in total. The van der Waals surface area contributed by atoms with Crippen LogP contribution in [0.2, 0.25) is 0 Å². The van der Waals surface area contributed by atoms with E-state index in [4.69, 9.17) is 4.74 Å². The van der Waals surface area contributed by atoms with Gasteiger partial charge in [-0.15, -0.1) is 11.3 Å². The fourth-order valence-electron chi connectivity index (χ4n) is 2.46. The van der Waals surface area contributed by atoms with Gasteiger partial charge in [-0.2, -0.15) is 0 Å². The summed E-state index contributed by atoms with van der Waals surface area (Å²) in [5.74, 6) is 1.20. The monoisotopic (exact) mass is 300 g/mol. The summed E-state index contributed by atoms with van der Waals surface area (Å²) in [7, 11) is 1.67. The third kappa shape index (κ3) is 2.23. The minimum absolute atomic E-state index is 0.336. The lowest BCUT2D eigenvalue weighted by molar-refractivity contribution is 0.111. The maximum Gasteiger partial charge on any atom is 0.194 e. The van der Waals surface area contributed by atoms with Crippen LogP contribution in [0.3, 0.4) is 0 Å². The Morgan fingerprint density at radius 3 is 2.86 bits per heavy atom. The highest BCUT2D eigenvalue weighted by Crippen LogP contribution is 2.33. The fourth-order valence-corrected chi connectivity index (χ4v) is 3.18. The molecule has 0 unspecified atom stereocenters. The molecule has 1 aromatic carbocycles. The summed E-state index contributed by atoms with van der Waals surface area (Å²) in [5.41, 5.74) is 3.37. The van der Waals surface area contributed by atoms with Crippen LogP contribution in [-0.2, 0) is 0 Å². The molecule has 0 atom stereocenters. The number of carbonyl (C=O) groups excluding carboxylic acids is 1. The fraction of sp³-hybridized carbons (Fsp3) is 0.250. The molecule has 2 heterocycles. The molecule has 0 amide bonds. The number of fused-ring (bicyclic) bond motifs is 1. The van der Waals surface area contributed by atoms with Crippen molar-refractivity contribution >= 4 is 22.6 Å². The summed E-state index contributed by atoms with van der Waals surface area (Å²) < 4.78 is 7.23. The van der Waals surface area contributed by atoms with Crippen LogP contribution in [0.5, 0.6) is 5.75 Å². The Labute approximate surface area is 127 Å². The molecule has 0 spiro atoms. The number of nitrogens with zero attached hydrogens (tertiary/aromatic N) is 2. The molecule has 2 aromatic heterocycles. The standard InChI is InChI=1S/C16H16N2O2S/c1-10(2)12-8-11(4-5-14(12)20-3)15-13(9-19)18-6-7-21-16(18)17-15/h4-10H,1-3H3. The highest BCUT2D eigenvalue weighted by Gasteiger charge is 2.16. The van der Waals surface area contributed by atoms with E-state index in [9.17, 15) is 4.79 Å². The maximum absolute atomic E-state index is 11.4. The molecular formula is C16H16N2O2S. The largest absolute Gasteiger partial charge is 0.496 e. The minimum atomic E-state index is 0.336. The van der Waals surface area contributed by atoms with E-state index >= 15 is 0 Å². The average molecular weight is 300 g/mol. The van der Waals surface area contributed by atoms with Crippen LogP contribution in [0, 0.1) is 0 Å². The number of thiazole rings is 1. The van der Waals surface area contributed by atoms with Gasteiger partial charge >= 0.3 is 0 Å². The summed E-state index contributed by atoms with van der Waals surface area (Å²) in [6.07, 6.45) is 2.73. The second-order valence-electron chi connectivity index (χ2n) is 5.13. The van der Waals surface area contributed by atoms with Crippen LogP contribution in [0.1, 0.15) is 35.8 Å². The SMILES string of the molecule is COc1ccc(-c2nc3sccn3c2C=O)cc1C(C)C. The topological polar surface area (TPSA) is 43.6 Å². The number of rotatable bonds is 4. The van der Waals surface area contributed by atoms with E-state index in [2.05, 4.69) is 24.9 Å².